The summed E-state index contributed by atoms with van der Waals surface area (Å²) in [6.45, 7) is 2.37. The minimum Gasteiger partial charge on any atom is -0.123 e. The third-order valence-corrected chi connectivity index (χ3v) is 1.15. The summed E-state index contributed by atoms with van der Waals surface area (Å²) < 4.78 is 0. The van der Waals surface area contributed by atoms with Gasteiger partial charge in [0.2, 0.25) is 0 Å². The van der Waals surface area contributed by atoms with Crippen LogP contribution in [0.3, 0.4) is 0 Å². The predicted molar refractivity (Wildman–Crippen MR) is 37.8 cm³/mol. The molecular formula is C5H11N3O2. The van der Waals surface area contributed by atoms with E-state index >= 15 is 0 Å². The van der Waals surface area contributed by atoms with Crippen LogP contribution in [0.1, 0.15) is 26.2 Å². The molecule has 0 N–H and O–H groups in total. The molecule has 0 amide bonds. The molecule has 0 atom stereocenters. The highest BCUT2D eigenvalue weighted by atomic mass is 16.4. The van der Waals surface area contributed by atoms with Crippen LogP contribution < -0.4 is 0 Å². The van der Waals surface area contributed by atoms with Crippen molar-refractivity contribution in [3.05, 3.63) is 9.81 Å². The zero-order chi connectivity index (χ0) is 7.82. The highest BCUT2D eigenvalue weighted by Gasteiger charge is 1.98. The first-order valence-corrected chi connectivity index (χ1v) is 3.29. The van der Waals surface area contributed by atoms with Crippen LogP contribution in [0.2, 0.25) is 0 Å². The van der Waals surface area contributed by atoms with Crippen LogP contribution in [0.5, 0.6) is 0 Å². The van der Waals surface area contributed by atoms with Crippen LogP contribution in [0.15, 0.2) is 10.6 Å². The Balaban J connectivity index is 3.25. The van der Waals surface area contributed by atoms with Crippen LogP contribution in [-0.2, 0) is 0 Å². The fourth-order valence-electron chi connectivity index (χ4n) is 0.600. The van der Waals surface area contributed by atoms with Gasteiger partial charge in [0.05, 0.1) is 17.1 Å². The lowest BCUT2D eigenvalue weighted by Crippen LogP contribution is -2.09. The van der Waals surface area contributed by atoms with Crippen molar-refractivity contribution in [1.29, 1.82) is 0 Å². The van der Waals surface area contributed by atoms with Gasteiger partial charge in [0, 0.05) is 0 Å². The monoisotopic (exact) mass is 145 g/mol. The minimum absolute atomic E-state index is 0.334. The molecule has 0 heterocycles. The molecule has 0 aromatic carbocycles. The first-order chi connectivity index (χ1) is 4.85. The third-order valence-electron chi connectivity index (χ3n) is 1.15. The van der Waals surface area contributed by atoms with E-state index in [1.165, 1.54) is 0 Å². The molecule has 0 saturated heterocycles. The first-order valence-electron chi connectivity index (χ1n) is 3.29. The van der Waals surface area contributed by atoms with Gasteiger partial charge in [-0.25, -0.2) is 0 Å². The number of rotatable bonds is 6. The van der Waals surface area contributed by atoms with Crippen LogP contribution >= 0.6 is 0 Å². The van der Waals surface area contributed by atoms with Gasteiger partial charge in [0.25, 0.3) is 0 Å². The van der Waals surface area contributed by atoms with E-state index in [0.29, 0.717) is 11.7 Å². The summed E-state index contributed by atoms with van der Waals surface area (Å²) in [5.74, 6) is 0. The summed E-state index contributed by atoms with van der Waals surface area (Å²) >= 11 is 0. The fraction of sp³-hybridized carbons (Fsp3) is 1.00. The van der Waals surface area contributed by atoms with Gasteiger partial charge in [-0.15, -0.1) is 14.9 Å². The summed E-state index contributed by atoms with van der Waals surface area (Å²) in [5.41, 5.74) is 0. The molecule has 0 aliphatic carbocycles. The van der Waals surface area contributed by atoms with Crippen molar-refractivity contribution in [1.82, 2.24) is 5.12 Å². The van der Waals surface area contributed by atoms with E-state index in [1.807, 2.05) is 6.92 Å². The Kier molecular flexibility index (Phi) is 5.51. The van der Waals surface area contributed by atoms with E-state index in [1.54, 1.807) is 0 Å². The molecule has 0 fully saturated rings. The standard InChI is InChI=1S/C5H11N3O2/c1-2-3-4-5-8(6-9)7-10/h2-5H2,1H3. The second-order valence-electron chi connectivity index (χ2n) is 1.97. The molecule has 5 heteroatoms. The van der Waals surface area contributed by atoms with Gasteiger partial charge in [-0.1, -0.05) is 19.8 Å². The number of unbranched alkanes of at least 4 members (excludes halogenated alkanes) is 2. The lowest BCUT2D eigenvalue weighted by molar-refractivity contribution is 0.288. The van der Waals surface area contributed by atoms with Crippen molar-refractivity contribution < 1.29 is 0 Å². The highest BCUT2D eigenvalue weighted by Crippen LogP contribution is 1.98. The summed E-state index contributed by atoms with van der Waals surface area (Å²) in [6.07, 6.45) is 2.82. The van der Waals surface area contributed by atoms with Gasteiger partial charge in [0.15, 0.2) is 0 Å². The zero-order valence-corrected chi connectivity index (χ0v) is 5.99. The van der Waals surface area contributed by atoms with Crippen molar-refractivity contribution >= 4 is 0 Å². The average molecular weight is 145 g/mol. The lowest BCUT2D eigenvalue weighted by atomic mass is 10.2. The largest absolute Gasteiger partial charge is 0.123 e. The molecule has 0 aromatic heterocycles. The van der Waals surface area contributed by atoms with E-state index < -0.39 is 0 Å². The summed E-state index contributed by atoms with van der Waals surface area (Å²) in [7, 11) is 0. The van der Waals surface area contributed by atoms with Gasteiger partial charge in [-0.2, -0.15) is 0 Å². The van der Waals surface area contributed by atoms with Crippen molar-refractivity contribution in [2.45, 2.75) is 26.2 Å². The van der Waals surface area contributed by atoms with E-state index in [2.05, 4.69) is 10.6 Å². The molecule has 58 valence electrons. The molecule has 5 nitrogen and oxygen atoms in total. The molecule has 0 aliphatic rings. The summed E-state index contributed by atoms with van der Waals surface area (Å²) in [6, 6.07) is 0. The SMILES string of the molecule is CCCCCN(N=O)N=O. The Morgan fingerprint density at radius 2 is 1.80 bits per heavy atom. The maximum Gasteiger partial charge on any atom is 0.0777 e. The Morgan fingerprint density at radius 1 is 1.20 bits per heavy atom. The summed E-state index contributed by atoms with van der Waals surface area (Å²) in [4.78, 5) is 19.4. The maximum atomic E-state index is 9.71. The third kappa shape index (κ3) is 3.94. The lowest BCUT2D eigenvalue weighted by Gasteiger charge is -2.01. The highest BCUT2D eigenvalue weighted by molar-refractivity contribution is 4.44. The molecule has 0 saturated carbocycles. The average Bonchev–Trinajstić information content (AvgIpc) is 1.99. The van der Waals surface area contributed by atoms with Gasteiger partial charge in [0.1, 0.15) is 0 Å². The zero-order valence-electron chi connectivity index (χ0n) is 5.99. The fourth-order valence-corrected chi connectivity index (χ4v) is 0.600. The second kappa shape index (κ2) is 6.12. The Hall–Kier alpha value is -1.00. The molecular weight excluding hydrogens is 134 g/mol. The second-order valence-corrected chi connectivity index (χ2v) is 1.97. The van der Waals surface area contributed by atoms with Gasteiger partial charge < -0.3 is 0 Å². The van der Waals surface area contributed by atoms with Gasteiger partial charge >= 0.3 is 0 Å². The molecule has 0 spiro atoms. The predicted octanol–water partition coefficient (Wildman–Crippen LogP) is 1.84. The number of nitroso groups, excluding NO2 is 2. The Bertz CT molecular complexity index is 99.1. The maximum absolute atomic E-state index is 9.71. The Morgan fingerprint density at radius 3 is 2.20 bits per heavy atom. The van der Waals surface area contributed by atoms with Crippen molar-refractivity contribution in [3.63, 3.8) is 0 Å². The molecule has 0 bridgehead atoms. The molecule has 10 heavy (non-hydrogen) atoms. The van der Waals surface area contributed by atoms with Crippen LogP contribution in [0.25, 0.3) is 0 Å². The van der Waals surface area contributed by atoms with E-state index in [4.69, 9.17) is 0 Å². The smallest absolute Gasteiger partial charge is 0.0777 e. The van der Waals surface area contributed by atoms with Gasteiger partial charge in [-0.05, 0) is 6.42 Å². The van der Waals surface area contributed by atoms with Crippen LogP contribution in [0.4, 0.5) is 0 Å². The van der Waals surface area contributed by atoms with E-state index in [9.17, 15) is 9.81 Å². The van der Waals surface area contributed by atoms with Crippen molar-refractivity contribution in [3.8, 4) is 0 Å². The van der Waals surface area contributed by atoms with Crippen molar-refractivity contribution in [2.75, 3.05) is 6.54 Å². The quantitative estimate of drug-likeness (QED) is 0.325. The first kappa shape index (κ1) is 9.00. The topological polar surface area (TPSA) is 62.1 Å². The van der Waals surface area contributed by atoms with Crippen LogP contribution in [0, 0.1) is 9.81 Å². The number of hydrogen-bond acceptors (Lipinski definition) is 4. The molecule has 0 aromatic rings. The van der Waals surface area contributed by atoms with Crippen molar-refractivity contribution in [2.24, 2.45) is 10.6 Å². The number of hydrogen-bond donors (Lipinski definition) is 0. The van der Waals surface area contributed by atoms with E-state index in [-0.39, 0.29) is 0 Å². The van der Waals surface area contributed by atoms with E-state index in [0.717, 1.165) is 19.3 Å². The number of nitrogens with zero attached hydrogens (tertiary/aromatic N) is 3. The Labute approximate surface area is 59.3 Å². The summed E-state index contributed by atoms with van der Waals surface area (Å²) in [5, 5.41) is 5.39. The normalized spacial score (nSPS) is 8.90. The van der Waals surface area contributed by atoms with Gasteiger partial charge in [-0.3, -0.25) is 0 Å². The minimum atomic E-state index is 0.334. The molecule has 0 rings (SSSR count). The van der Waals surface area contributed by atoms with Crippen LogP contribution in [-0.4, -0.2) is 11.7 Å². The molecule has 0 radical (unpaired) electrons. The molecule has 0 aliphatic heterocycles. The molecule has 0 unspecified atom stereocenters.